The van der Waals surface area contributed by atoms with E-state index in [-0.39, 0.29) is 29.8 Å². The molecule has 2 aromatic heterocycles. The zero-order valence-electron chi connectivity index (χ0n) is 17.5. The van der Waals surface area contributed by atoms with Crippen molar-refractivity contribution >= 4 is 23.0 Å². The van der Waals surface area contributed by atoms with Gasteiger partial charge in [-0.15, -0.1) is 0 Å². The van der Waals surface area contributed by atoms with Crippen LogP contribution in [0, 0.1) is 11.8 Å². The number of pyridine rings is 1. The van der Waals surface area contributed by atoms with Crippen molar-refractivity contribution in [1.29, 1.82) is 0 Å². The largest absolute Gasteiger partial charge is 0.438 e. The maximum absolute atomic E-state index is 13.5. The van der Waals surface area contributed by atoms with Crippen molar-refractivity contribution in [2.24, 2.45) is 11.8 Å². The first-order valence-corrected chi connectivity index (χ1v) is 11.3. The van der Waals surface area contributed by atoms with Crippen LogP contribution in [0.15, 0.2) is 34.9 Å². The molecule has 0 aliphatic carbocycles. The van der Waals surface area contributed by atoms with Gasteiger partial charge in [-0.25, -0.2) is 4.98 Å². The Morgan fingerprint density at radius 3 is 2.87 bits per heavy atom. The van der Waals surface area contributed by atoms with E-state index in [1.807, 2.05) is 34.1 Å². The molecule has 2 bridgehead atoms. The maximum Gasteiger partial charge on any atom is 0.246 e. The Bertz CT molecular complexity index is 1010. The fraction of sp³-hybridized carbons (Fsp3) is 0.565. The molecule has 0 unspecified atom stereocenters. The van der Waals surface area contributed by atoms with Crippen molar-refractivity contribution in [3.63, 3.8) is 0 Å². The Morgan fingerprint density at radius 1 is 1.19 bits per heavy atom. The lowest BCUT2D eigenvalue weighted by Gasteiger charge is -2.56. The molecular formula is C23H27N5O3. The van der Waals surface area contributed by atoms with Crippen LogP contribution in [-0.2, 0) is 16.1 Å². The third-order valence-corrected chi connectivity index (χ3v) is 7.37. The van der Waals surface area contributed by atoms with Gasteiger partial charge in [-0.05, 0) is 37.3 Å². The summed E-state index contributed by atoms with van der Waals surface area (Å²) < 4.78 is 5.91. The van der Waals surface area contributed by atoms with Crippen LogP contribution in [-0.4, -0.2) is 74.7 Å². The number of fused-ring (bicyclic) bond motifs is 5. The maximum atomic E-state index is 13.5. The number of hydrogen-bond acceptors (Lipinski definition) is 6. The number of aromatic nitrogens is 2. The minimum absolute atomic E-state index is 0.113. The standard InChI is InChI=1S/C23H27N5O3/c29-20-7-3-5-17-15-11-16(21(28(17)20)23(30)27-9-1-2-10-27)13-26(12-15)14-19-25-22-18(31-19)6-4-8-24-22/h1-2,4,6,8,15-17,21H,3,5,7,9-14H2/t15-,16+,17+,21-/m1/s1. The summed E-state index contributed by atoms with van der Waals surface area (Å²) in [6.45, 7) is 3.59. The predicted octanol–water partition coefficient (Wildman–Crippen LogP) is 1.82. The van der Waals surface area contributed by atoms with Crippen molar-refractivity contribution in [1.82, 2.24) is 24.7 Å². The molecule has 8 heteroatoms. The van der Waals surface area contributed by atoms with Gasteiger partial charge in [0.1, 0.15) is 6.04 Å². The highest BCUT2D eigenvalue weighted by Gasteiger charge is 2.52. The first kappa shape index (κ1) is 19.0. The van der Waals surface area contributed by atoms with Gasteiger partial charge < -0.3 is 14.2 Å². The van der Waals surface area contributed by atoms with Gasteiger partial charge in [-0.3, -0.25) is 14.5 Å². The van der Waals surface area contributed by atoms with Crippen molar-refractivity contribution < 1.29 is 14.0 Å². The Balaban J connectivity index is 1.27. The fourth-order valence-electron chi connectivity index (χ4n) is 6.12. The highest BCUT2D eigenvalue weighted by molar-refractivity contribution is 5.89. The van der Waals surface area contributed by atoms with Crippen LogP contribution in [0.3, 0.4) is 0 Å². The van der Waals surface area contributed by atoms with Crippen molar-refractivity contribution in [3.05, 3.63) is 36.4 Å². The first-order chi connectivity index (χ1) is 15.2. The van der Waals surface area contributed by atoms with E-state index in [4.69, 9.17) is 4.42 Å². The minimum atomic E-state index is -0.345. The Hall–Kier alpha value is -2.74. The van der Waals surface area contributed by atoms with Crippen LogP contribution >= 0.6 is 0 Å². The Labute approximate surface area is 180 Å². The topological polar surface area (TPSA) is 82.8 Å². The SMILES string of the molecule is O=C([C@H]1[C@H]2C[C@H](CN(Cc3nc4ncccc4o3)C2)[C@@H]2CCCC(=O)N21)N1CC=CC1. The molecule has 4 aliphatic rings. The van der Waals surface area contributed by atoms with Crippen LogP contribution < -0.4 is 0 Å². The lowest BCUT2D eigenvalue weighted by Crippen LogP contribution is -2.68. The predicted molar refractivity (Wildman–Crippen MR) is 113 cm³/mol. The van der Waals surface area contributed by atoms with E-state index in [2.05, 4.69) is 14.9 Å². The van der Waals surface area contributed by atoms with E-state index >= 15 is 0 Å². The van der Waals surface area contributed by atoms with Crippen molar-refractivity contribution in [2.45, 2.75) is 44.3 Å². The molecule has 2 aromatic rings. The van der Waals surface area contributed by atoms with Crippen LogP contribution in [0.25, 0.3) is 11.2 Å². The zero-order chi connectivity index (χ0) is 20.9. The molecule has 162 valence electrons. The summed E-state index contributed by atoms with van der Waals surface area (Å²) in [5.74, 6) is 1.48. The third kappa shape index (κ3) is 3.24. The summed E-state index contributed by atoms with van der Waals surface area (Å²) in [4.78, 5) is 41.5. The highest BCUT2D eigenvalue weighted by Crippen LogP contribution is 2.42. The molecule has 0 spiro atoms. The molecule has 4 atom stereocenters. The molecule has 6 rings (SSSR count). The number of oxazole rings is 1. The molecule has 4 aliphatic heterocycles. The van der Waals surface area contributed by atoms with E-state index in [1.165, 1.54) is 0 Å². The van der Waals surface area contributed by atoms with Gasteiger partial charge in [-0.1, -0.05) is 12.2 Å². The Morgan fingerprint density at radius 2 is 2.03 bits per heavy atom. The van der Waals surface area contributed by atoms with Crippen LogP contribution in [0.1, 0.15) is 31.6 Å². The molecule has 8 nitrogen and oxygen atoms in total. The van der Waals surface area contributed by atoms with E-state index in [1.54, 1.807) is 6.20 Å². The fourth-order valence-corrected chi connectivity index (χ4v) is 6.12. The van der Waals surface area contributed by atoms with Gasteiger partial charge in [-0.2, -0.15) is 4.98 Å². The van der Waals surface area contributed by atoms with Gasteiger partial charge in [0.2, 0.25) is 17.7 Å². The van der Waals surface area contributed by atoms with Crippen molar-refractivity contribution in [2.75, 3.05) is 26.2 Å². The highest BCUT2D eigenvalue weighted by atomic mass is 16.3. The monoisotopic (exact) mass is 421 g/mol. The molecule has 0 aromatic carbocycles. The number of likely N-dealkylation sites (tertiary alicyclic amines) is 1. The minimum Gasteiger partial charge on any atom is -0.438 e. The number of piperidine rings is 3. The molecule has 0 N–H and O–H groups in total. The van der Waals surface area contributed by atoms with Crippen molar-refractivity contribution in [3.8, 4) is 0 Å². The summed E-state index contributed by atoms with van der Waals surface area (Å²) >= 11 is 0. The van der Waals surface area contributed by atoms with Crippen LogP contribution in [0.5, 0.6) is 0 Å². The number of hydrogen-bond donors (Lipinski definition) is 0. The summed E-state index contributed by atoms with van der Waals surface area (Å²) in [5, 5.41) is 0. The summed E-state index contributed by atoms with van der Waals surface area (Å²) in [7, 11) is 0. The summed E-state index contributed by atoms with van der Waals surface area (Å²) in [6, 6.07) is 3.55. The van der Waals surface area contributed by atoms with Crippen LogP contribution in [0.4, 0.5) is 0 Å². The van der Waals surface area contributed by atoms with Crippen LogP contribution in [0.2, 0.25) is 0 Å². The average Bonchev–Trinajstić information content (AvgIpc) is 3.44. The van der Waals surface area contributed by atoms with Gasteiger partial charge >= 0.3 is 0 Å². The number of nitrogens with zero attached hydrogens (tertiary/aromatic N) is 5. The number of carbonyl (C=O) groups excluding carboxylic acids is 2. The zero-order valence-corrected chi connectivity index (χ0v) is 17.5. The second-order valence-corrected chi connectivity index (χ2v) is 9.30. The third-order valence-electron chi connectivity index (χ3n) is 7.37. The molecule has 0 saturated carbocycles. The number of amides is 2. The van der Waals surface area contributed by atoms with Gasteiger partial charge in [0.15, 0.2) is 11.2 Å². The normalized spacial score (nSPS) is 30.8. The molecule has 2 amide bonds. The molecular weight excluding hydrogens is 394 g/mol. The number of carbonyl (C=O) groups is 2. The Kier molecular flexibility index (Phi) is 4.56. The molecule has 6 heterocycles. The molecule has 3 fully saturated rings. The summed E-state index contributed by atoms with van der Waals surface area (Å²) in [5.41, 5.74) is 1.33. The van der Waals surface area contributed by atoms with E-state index in [9.17, 15) is 9.59 Å². The molecule has 31 heavy (non-hydrogen) atoms. The second-order valence-electron chi connectivity index (χ2n) is 9.30. The van der Waals surface area contributed by atoms with E-state index < -0.39 is 0 Å². The quantitative estimate of drug-likeness (QED) is 0.703. The van der Waals surface area contributed by atoms with Gasteiger partial charge in [0, 0.05) is 50.8 Å². The molecule has 0 radical (unpaired) electrons. The second kappa shape index (κ2) is 7.44. The first-order valence-electron chi connectivity index (χ1n) is 11.3. The summed E-state index contributed by atoms with van der Waals surface area (Å²) in [6.07, 6.45) is 9.28. The number of rotatable bonds is 3. The van der Waals surface area contributed by atoms with E-state index in [0.717, 1.165) is 32.4 Å². The van der Waals surface area contributed by atoms with E-state index in [0.29, 0.717) is 49.1 Å². The lowest BCUT2D eigenvalue weighted by atomic mass is 9.71. The lowest BCUT2D eigenvalue weighted by molar-refractivity contribution is -0.165. The molecule has 3 saturated heterocycles. The smallest absolute Gasteiger partial charge is 0.246 e. The average molecular weight is 422 g/mol. The van der Waals surface area contributed by atoms with Gasteiger partial charge in [0.05, 0.1) is 6.54 Å². The van der Waals surface area contributed by atoms with Gasteiger partial charge in [0.25, 0.3) is 0 Å².